The Morgan fingerprint density at radius 2 is 1.71 bits per heavy atom. The van der Waals surface area contributed by atoms with Crippen LogP contribution in [0.2, 0.25) is 5.02 Å². The molecule has 0 radical (unpaired) electrons. The van der Waals surface area contributed by atoms with E-state index in [0.29, 0.717) is 48.6 Å². The van der Waals surface area contributed by atoms with Gasteiger partial charge in [0.1, 0.15) is 17.7 Å². The number of sulfonamides is 1. The minimum atomic E-state index is -3.73. The van der Waals surface area contributed by atoms with Gasteiger partial charge in [0.15, 0.2) is 0 Å². The largest absolute Gasteiger partial charge is 0.453 e. The standard InChI is InChI=1S/C36H37ClF2N4O5S/c1-48-36(45)42-34(33(24-16-18-26(37)19-17-24)25-8-5-9-27(38)22-25)35(44)41-32-15-7-14-31(39)30(32)13-6-10-28-23-40-20-21-43(28)49(46,47)29-11-3-2-4-12-29/h2-5,7-9,11-12,14-19,22,28,33-34,40H,6,10,13,20-21,23H2,1H3,(H,41,44)(H,42,45)/t28-,33-,34-/m0/s1. The molecule has 3 N–H and O–H groups in total. The number of carbonyl (C=O) groups is 2. The van der Waals surface area contributed by atoms with Crippen molar-refractivity contribution in [3.05, 3.63) is 130 Å². The molecule has 49 heavy (non-hydrogen) atoms. The van der Waals surface area contributed by atoms with E-state index in [2.05, 4.69) is 16.0 Å². The lowest BCUT2D eigenvalue weighted by Crippen LogP contribution is -2.53. The number of alkyl carbamates (subject to hydrolysis) is 1. The number of benzene rings is 4. The maximum Gasteiger partial charge on any atom is 0.407 e. The van der Waals surface area contributed by atoms with E-state index in [1.54, 1.807) is 66.7 Å². The zero-order chi connectivity index (χ0) is 35.0. The Bertz CT molecular complexity index is 1870. The van der Waals surface area contributed by atoms with Crippen molar-refractivity contribution in [2.45, 2.75) is 42.2 Å². The van der Waals surface area contributed by atoms with Crippen molar-refractivity contribution in [2.75, 3.05) is 32.1 Å². The number of methoxy groups -OCH3 is 1. The summed E-state index contributed by atoms with van der Waals surface area (Å²) in [5.74, 6) is -2.67. The molecule has 1 fully saturated rings. The van der Waals surface area contributed by atoms with Gasteiger partial charge in [-0.15, -0.1) is 0 Å². The number of nitrogens with one attached hydrogen (secondary N) is 3. The molecule has 3 atom stereocenters. The average Bonchev–Trinajstić information content (AvgIpc) is 3.10. The van der Waals surface area contributed by atoms with E-state index in [4.69, 9.17) is 16.3 Å². The van der Waals surface area contributed by atoms with Crippen molar-refractivity contribution in [2.24, 2.45) is 0 Å². The van der Waals surface area contributed by atoms with Crippen LogP contribution < -0.4 is 16.0 Å². The Balaban J connectivity index is 1.39. The molecule has 4 aromatic carbocycles. The van der Waals surface area contributed by atoms with Crippen molar-refractivity contribution in [3.8, 4) is 0 Å². The molecule has 1 saturated heterocycles. The van der Waals surface area contributed by atoms with Crippen LogP contribution in [0.1, 0.15) is 35.4 Å². The number of hydrogen-bond acceptors (Lipinski definition) is 6. The second-order valence-corrected chi connectivity index (χ2v) is 14.0. The molecule has 1 aliphatic heterocycles. The molecule has 5 rings (SSSR count). The number of amides is 2. The fraction of sp³-hybridized carbons (Fsp3) is 0.278. The molecule has 258 valence electrons. The van der Waals surface area contributed by atoms with E-state index in [9.17, 15) is 22.4 Å². The quantitative estimate of drug-likeness (QED) is 0.164. The molecule has 0 aromatic heterocycles. The van der Waals surface area contributed by atoms with Crippen LogP contribution in [0, 0.1) is 11.6 Å². The van der Waals surface area contributed by atoms with E-state index >= 15 is 4.39 Å². The molecule has 9 nitrogen and oxygen atoms in total. The highest BCUT2D eigenvalue weighted by Crippen LogP contribution is 2.32. The van der Waals surface area contributed by atoms with Crippen molar-refractivity contribution in [1.82, 2.24) is 14.9 Å². The number of halogens is 3. The number of ether oxygens (including phenoxy) is 1. The van der Waals surface area contributed by atoms with Gasteiger partial charge in [0.2, 0.25) is 15.9 Å². The fourth-order valence-electron chi connectivity index (χ4n) is 6.12. The molecular formula is C36H37ClF2N4O5S. The lowest BCUT2D eigenvalue weighted by atomic mass is 9.84. The smallest absolute Gasteiger partial charge is 0.407 e. The molecular weight excluding hydrogens is 674 g/mol. The number of nitrogens with zero attached hydrogens (tertiary/aromatic N) is 1. The van der Waals surface area contributed by atoms with Crippen LogP contribution in [-0.2, 0) is 26.0 Å². The molecule has 0 unspecified atom stereocenters. The average molecular weight is 711 g/mol. The maximum atomic E-state index is 15.4. The summed E-state index contributed by atoms with van der Waals surface area (Å²) in [6.45, 7) is 1.26. The maximum absolute atomic E-state index is 15.4. The van der Waals surface area contributed by atoms with E-state index in [0.717, 1.165) is 7.11 Å². The van der Waals surface area contributed by atoms with Gasteiger partial charge in [-0.3, -0.25) is 4.79 Å². The Morgan fingerprint density at radius 3 is 2.43 bits per heavy atom. The highest BCUT2D eigenvalue weighted by molar-refractivity contribution is 7.89. The third kappa shape index (κ3) is 8.82. The van der Waals surface area contributed by atoms with Gasteiger partial charge in [0, 0.05) is 47.9 Å². The molecule has 0 bridgehead atoms. The summed E-state index contributed by atoms with van der Waals surface area (Å²) in [5.41, 5.74) is 1.37. The summed E-state index contributed by atoms with van der Waals surface area (Å²) in [4.78, 5) is 26.8. The third-order valence-corrected chi connectivity index (χ3v) is 10.7. The van der Waals surface area contributed by atoms with E-state index in [-0.39, 0.29) is 28.6 Å². The molecule has 0 aliphatic carbocycles. The van der Waals surface area contributed by atoms with Crippen molar-refractivity contribution >= 4 is 39.3 Å². The number of carbonyl (C=O) groups excluding carboxylic acids is 2. The molecule has 1 aliphatic rings. The van der Waals surface area contributed by atoms with E-state index in [1.165, 1.54) is 34.6 Å². The summed E-state index contributed by atoms with van der Waals surface area (Å²) in [6, 6.07) is 23.1. The van der Waals surface area contributed by atoms with Crippen LogP contribution in [-0.4, -0.2) is 63.6 Å². The third-order valence-electron chi connectivity index (χ3n) is 8.50. The summed E-state index contributed by atoms with van der Waals surface area (Å²) in [5, 5.41) is 9.05. The molecule has 1 heterocycles. The zero-order valence-electron chi connectivity index (χ0n) is 26.7. The van der Waals surface area contributed by atoms with Crippen LogP contribution in [0.4, 0.5) is 19.3 Å². The molecule has 0 spiro atoms. The lowest BCUT2D eigenvalue weighted by Gasteiger charge is -2.35. The van der Waals surface area contributed by atoms with Gasteiger partial charge in [0.25, 0.3) is 0 Å². The normalized spacial score (nSPS) is 16.4. The van der Waals surface area contributed by atoms with Crippen LogP contribution >= 0.6 is 11.6 Å². The number of anilines is 1. The van der Waals surface area contributed by atoms with E-state index in [1.807, 2.05) is 0 Å². The Kier molecular flexibility index (Phi) is 12.0. The van der Waals surface area contributed by atoms with Crippen LogP contribution in [0.3, 0.4) is 0 Å². The number of rotatable bonds is 12. The van der Waals surface area contributed by atoms with Gasteiger partial charge < -0.3 is 20.7 Å². The van der Waals surface area contributed by atoms with Crippen molar-refractivity contribution in [1.29, 1.82) is 0 Å². The molecule has 0 saturated carbocycles. The molecule has 13 heteroatoms. The first kappa shape index (κ1) is 35.9. The van der Waals surface area contributed by atoms with Gasteiger partial charge >= 0.3 is 6.09 Å². The zero-order valence-corrected chi connectivity index (χ0v) is 28.3. The van der Waals surface area contributed by atoms with Crippen LogP contribution in [0.15, 0.2) is 102 Å². The summed E-state index contributed by atoms with van der Waals surface area (Å²) >= 11 is 6.13. The molecule has 4 aromatic rings. The van der Waals surface area contributed by atoms with Gasteiger partial charge in [-0.1, -0.05) is 60.1 Å². The molecule has 2 amide bonds. The minimum absolute atomic E-state index is 0.186. The Labute approximate surface area is 289 Å². The predicted octanol–water partition coefficient (Wildman–Crippen LogP) is 6.10. The number of piperazine rings is 1. The highest BCUT2D eigenvalue weighted by atomic mass is 35.5. The Morgan fingerprint density at radius 1 is 0.980 bits per heavy atom. The van der Waals surface area contributed by atoms with Gasteiger partial charge in [-0.05, 0) is 78.9 Å². The first-order valence-electron chi connectivity index (χ1n) is 15.8. The number of hydrogen-bond donors (Lipinski definition) is 3. The minimum Gasteiger partial charge on any atom is -0.453 e. The van der Waals surface area contributed by atoms with Gasteiger partial charge in [-0.25, -0.2) is 22.0 Å². The summed E-state index contributed by atoms with van der Waals surface area (Å²) < 4.78 is 63.0. The van der Waals surface area contributed by atoms with Crippen molar-refractivity contribution < 1.29 is 31.5 Å². The highest BCUT2D eigenvalue weighted by Gasteiger charge is 2.35. The second-order valence-electron chi connectivity index (χ2n) is 11.6. The monoisotopic (exact) mass is 710 g/mol. The van der Waals surface area contributed by atoms with E-state index < -0.39 is 45.6 Å². The summed E-state index contributed by atoms with van der Waals surface area (Å²) in [7, 11) is -2.58. The topological polar surface area (TPSA) is 117 Å². The van der Waals surface area contributed by atoms with Crippen LogP contribution in [0.5, 0.6) is 0 Å². The predicted molar refractivity (Wildman–Crippen MR) is 184 cm³/mol. The SMILES string of the molecule is COC(=O)N[C@H](C(=O)Nc1cccc(F)c1CCC[C@H]1CNCCN1S(=O)(=O)c1ccccc1)[C@@H](c1ccc(Cl)cc1)c1cccc(F)c1. The van der Waals surface area contributed by atoms with Gasteiger partial charge in [-0.2, -0.15) is 4.31 Å². The van der Waals surface area contributed by atoms with Gasteiger partial charge in [0.05, 0.1) is 12.0 Å². The lowest BCUT2D eigenvalue weighted by molar-refractivity contribution is -0.118. The van der Waals surface area contributed by atoms with Crippen LogP contribution in [0.25, 0.3) is 0 Å². The Hall–Kier alpha value is -4.36. The summed E-state index contributed by atoms with van der Waals surface area (Å²) in [6.07, 6.45) is 0.145. The fourth-order valence-corrected chi connectivity index (χ4v) is 7.92. The first-order valence-corrected chi connectivity index (χ1v) is 17.6. The van der Waals surface area contributed by atoms with Crippen molar-refractivity contribution in [3.63, 3.8) is 0 Å². The second kappa shape index (κ2) is 16.4. The first-order chi connectivity index (χ1) is 23.6.